The van der Waals surface area contributed by atoms with Crippen LogP contribution in [0.5, 0.6) is 0 Å². The SMILES string of the molecule is CN1CC[C@H](c2cccc3ccccc23)C1. The lowest BCUT2D eigenvalue weighted by molar-refractivity contribution is 0.412. The van der Waals surface area contributed by atoms with Crippen molar-refractivity contribution < 1.29 is 0 Å². The van der Waals surface area contributed by atoms with E-state index in [1.54, 1.807) is 0 Å². The third-order valence-corrected chi connectivity index (χ3v) is 3.65. The van der Waals surface area contributed by atoms with E-state index in [0.29, 0.717) is 0 Å². The largest absolute Gasteiger partial charge is 0.306 e. The average molecular weight is 211 g/mol. The van der Waals surface area contributed by atoms with E-state index in [9.17, 15) is 0 Å². The summed E-state index contributed by atoms with van der Waals surface area (Å²) in [7, 11) is 2.21. The summed E-state index contributed by atoms with van der Waals surface area (Å²) in [5, 5.41) is 2.81. The molecule has 3 rings (SSSR count). The number of rotatable bonds is 1. The molecular weight excluding hydrogens is 194 g/mol. The molecule has 1 nitrogen and oxygen atoms in total. The summed E-state index contributed by atoms with van der Waals surface area (Å²) in [6.07, 6.45) is 1.30. The first-order valence-corrected chi connectivity index (χ1v) is 6.01. The molecule has 0 bridgehead atoms. The second-order valence-corrected chi connectivity index (χ2v) is 4.82. The number of hydrogen-bond donors (Lipinski definition) is 0. The zero-order valence-corrected chi connectivity index (χ0v) is 9.69. The Kier molecular flexibility index (Phi) is 2.41. The fraction of sp³-hybridized carbons (Fsp3) is 0.333. The van der Waals surface area contributed by atoms with Crippen molar-refractivity contribution in [1.82, 2.24) is 4.90 Å². The molecule has 0 aliphatic carbocycles. The van der Waals surface area contributed by atoms with Gasteiger partial charge in [-0.2, -0.15) is 0 Å². The number of hydrogen-bond acceptors (Lipinski definition) is 1. The van der Waals surface area contributed by atoms with Crippen LogP contribution in [0.2, 0.25) is 0 Å². The first kappa shape index (κ1) is 9.86. The Morgan fingerprint density at radius 3 is 2.69 bits per heavy atom. The van der Waals surface area contributed by atoms with Crippen LogP contribution in [0, 0.1) is 0 Å². The van der Waals surface area contributed by atoms with Crippen LogP contribution in [0.4, 0.5) is 0 Å². The smallest absolute Gasteiger partial charge is 0.00479 e. The predicted octanol–water partition coefficient (Wildman–Crippen LogP) is 3.26. The van der Waals surface area contributed by atoms with Gasteiger partial charge in [-0.15, -0.1) is 0 Å². The quantitative estimate of drug-likeness (QED) is 0.700. The lowest BCUT2D eigenvalue weighted by atomic mass is 9.93. The van der Waals surface area contributed by atoms with E-state index in [-0.39, 0.29) is 0 Å². The minimum Gasteiger partial charge on any atom is -0.306 e. The van der Waals surface area contributed by atoms with Gasteiger partial charge >= 0.3 is 0 Å². The summed E-state index contributed by atoms with van der Waals surface area (Å²) in [6, 6.07) is 15.4. The van der Waals surface area contributed by atoms with E-state index < -0.39 is 0 Å². The highest BCUT2D eigenvalue weighted by molar-refractivity contribution is 5.86. The van der Waals surface area contributed by atoms with E-state index in [4.69, 9.17) is 0 Å². The van der Waals surface area contributed by atoms with Crippen molar-refractivity contribution >= 4 is 10.8 Å². The highest BCUT2D eigenvalue weighted by atomic mass is 15.1. The van der Waals surface area contributed by atoms with Gasteiger partial charge in [0.25, 0.3) is 0 Å². The molecule has 0 radical (unpaired) electrons. The molecule has 1 atom stereocenters. The molecule has 1 fully saturated rings. The summed E-state index contributed by atoms with van der Waals surface area (Å²) in [6.45, 7) is 2.43. The van der Waals surface area contributed by atoms with Gasteiger partial charge in [0, 0.05) is 6.54 Å². The number of likely N-dealkylation sites (N-methyl/N-ethyl adjacent to an activating group) is 1. The van der Waals surface area contributed by atoms with E-state index in [0.717, 1.165) is 5.92 Å². The number of nitrogens with zero attached hydrogens (tertiary/aromatic N) is 1. The molecule has 82 valence electrons. The molecule has 0 unspecified atom stereocenters. The van der Waals surface area contributed by atoms with Gasteiger partial charge in [-0.1, -0.05) is 42.5 Å². The topological polar surface area (TPSA) is 3.24 Å². The second-order valence-electron chi connectivity index (χ2n) is 4.82. The normalized spacial score (nSPS) is 21.7. The van der Waals surface area contributed by atoms with Gasteiger partial charge in [0.15, 0.2) is 0 Å². The van der Waals surface area contributed by atoms with E-state index in [1.165, 1.54) is 35.8 Å². The Morgan fingerprint density at radius 1 is 1.06 bits per heavy atom. The Morgan fingerprint density at radius 2 is 1.88 bits per heavy atom. The molecule has 1 aliphatic rings. The average Bonchev–Trinajstić information content (AvgIpc) is 2.75. The lowest BCUT2D eigenvalue weighted by Crippen LogP contribution is -2.13. The summed E-state index contributed by atoms with van der Waals surface area (Å²) >= 11 is 0. The van der Waals surface area contributed by atoms with Crippen molar-refractivity contribution in [3.8, 4) is 0 Å². The van der Waals surface area contributed by atoms with Crippen molar-refractivity contribution in [3.05, 3.63) is 48.0 Å². The molecule has 1 aliphatic heterocycles. The molecule has 0 saturated carbocycles. The van der Waals surface area contributed by atoms with Crippen LogP contribution in [0.25, 0.3) is 10.8 Å². The van der Waals surface area contributed by atoms with Gasteiger partial charge in [0.2, 0.25) is 0 Å². The summed E-state index contributed by atoms with van der Waals surface area (Å²) < 4.78 is 0. The summed E-state index contributed by atoms with van der Waals surface area (Å²) in [5.74, 6) is 0.719. The standard InChI is InChI=1S/C15H17N/c1-16-10-9-13(11-16)15-8-4-6-12-5-2-3-7-14(12)15/h2-8,13H,9-11H2,1H3/t13-/m0/s1. The van der Waals surface area contributed by atoms with E-state index >= 15 is 0 Å². The first-order chi connectivity index (χ1) is 7.84. The Balaban J connectivity index is 2.09. The molecule has 0 amide bonds. The zero-order valence-electron chi connectivity index (χ0n) is 9.69. The fourth-order valence-corrected chi connectivity index (χ4v) is 2.80. The monoisotopic (exact) mass is 211 g/mol. The zero-order chi connectivity index (χ0) is 11.0. The van der Waals surface area contributed by atoms with Crippen molar-refractivity contribution in [1.29, 1.82) is 0 Å². The van der Waals surface area contributed by atoms with Crippen LogP contribution >= 0.6 is 0 Å². The molecule has 2 aromatic rings. The third kappa shape index (κ3) is 1.61. The first-order valence-electron chi connectivity index (χ1n) is 6.01. The van der Waals surface area contributed by atoms with Crippen molar-refractivity contribution in [2.45, 2.75) is 12.3 Å². The second kappa shape index (κ2) is 3.91. The van der Waals surface area contributed by atoms with Crippen LogP contribution in [0.3, 0.4) is 0 Å². The van der Waals surface area contributed by atoms with Gasteiger partial charge in [-0.05, 0) is 42.3 Å². The van der Waals surface area contributed by atoms with Crippen molar-refractivity contribution in [2.75, 3.05) is 20.1 Å². The van der Waals surface area contributed by atoms with E-state index in [1.807, 2.05) is 0 Å². The molecule has 1 saturated heterocycles. The van der Waals surface area contributed by atoms with Gasteiger partial charge in [0.05, 0.1) is 0 Å². The van der Waals surface area contributed by atoms with Crippen LogP contribution < -0.4 is 0 Å². The Labute approximate surface area is 96.7 Å². The highest BCUT2D eigenvalue weighted by Gasteiger charge is 2.22. The molecule has 16 heavy (non-hydrogen) atoms. The molecule has 1 heterocycles. The van der Waals surface area contributed by atoms with Crippen LogP contribution in [-0.4, -0.2) is 25.0 Å². The molecule has 2 aromatic carbocycles. The minimum atomic E-state index is 0.719. The summed E-state index contributed by atoms with van der Waals surface area (Å²) in [5.41, 5.74) is 1.53. The Bertz CT molecular complexity index is 498. The summed E-state index contributed by atoms with van der Waals surface area (Å²) in [4.78, 5) is 2.42. The molecule has 0 N–H and O–H groups in total. The lowest BCUT2D eigenvalue weighted by Gasteiger charge is -2.13. The third-order valence-electron chi connectivity index (χ3n) is 3.65. The molecular formula is C15H17N. The Hall–Kier alpha value is -1.34. The molecule has 1 heteroatoms. The highest BCUT2D eigenvalue weighted by Crippen LogP contribution is 2.31. The van der Waals surface area contributed by atoms with Crippen LogP contribution in [-0.2, 0) is 0 Å². The van der Waals surface area contributed by atoms with Crippen molar-refractivity contribution in [3.63, 3.8) is 0 Å². The van der Waals surface area contributed by atoms with Crippen LogP contribution in [0.15, 0.2) is 42.5 Å². The van der Waals surface area contributed by atoms with E-state index in [2.05, 4.69) is 54.4 Å². The van der Waals surface area contributed by atoms with Gasteiger partial charge in [-0.3, -0.25) is 0 Å². The predicted molar refractivity (Wildman–Crippen MR) is 68.8 cm³/mol. The minimum absolute atomic E-state index is 0.719. The van der Waals surface area contributed by atoms with Crippen LogP contribution in [0.1, 0.15) is 17.9 Å². The van der Waals surface area contributed by atoms with Gasteiger partial charge in [0.1, 0.15) is 0 Å². The number of benzene rings is 2. The van der Waals surface area contributed by atoms with Crippen molar-refractivity contribution in [2.24, 2.45) is 0 Å². The van der Waals surface area contributed by atoms with Gasteiger partial charge < -0.3 is 4.90 Å². The fourth-order valence-electron chi connectivity index (χ4n) is 2.80. The maximum atomic E-state index is 2.42. The maximum absolute atomic E-state index is 2.42. The number of fused-ring (bicyclic) bond motifs is 1. The molecule has 0 aromatic heterocycles. The van der Waals surface area contributed by atoms with Gasteiger partial charge in [-0.25, -0.2) is 0 Å². The number of likely N-dealkylation sites (tertiary alicyclic amines) is 1. The molecule has 0 spiro atoms. The maximum Gasteiger partial charge on any atom is 0.00479 e.